The molecule has 0 saturated heterocycles. The third-order valence-corrected chi connectivity index (χ3v) is 2.82. The van der Waals surface area contributed by atoms with Crippen LogP contribution in [0.2, 0.25) is 0 Å². The van der Waals surface area contributed by atoms with Crippen molar-refractivity contribution in [2.75, 3.05) is 13.2 Å². The van der Waals surface area contributed by atoms with Gasteiger partial charge < -0.3 is 19.6 Å². The van der Waals surface area contributed by atoms with Crippen LogP contribution in [0.3, 0.4) is 0 Å². The predicted octanol–water partition coefficient (Wildman–Crippen LogP) is 1.95. The molecule has 0 amide bonds. The molecule has 0 atom stereocenters. The zero-order chi connectivity index (χ0) is 13.9. The Morgan fingerprint density at radius 1 is 1.30 bits per heavy atom. The maximum Gasteiger partial charge on any atom is 0.328 e. The van der Waals surface area contributed by atoms with Crippen molar-refractivity contribution in [1.82, 2.24) is 9.97 Å². The second-order valence-corrected chi connectivity index (χ2v) is 4.22. The molecule has 0 radical (unpaired) electrons. The quantitative estimate of drug-likeness (QED) is 0.834. The van der Waals surface area contributed by atoms with Crippen LogP contribution in [-0.4, -0.2) is 34.3 Å². The SMILES string of the molecule is O=C(O)/C=C/c1cnc(-c2ccc3c(c2)OCCO3)[nH]1. The zero-order valence-corrected chi connectivity index (χ0v) is 10.5. The van der Waals surface area contributed by atoms with Crippen LogP contribution in [0.5, 0.6) is 11.5 Å². The molecule has 2 aromatic rings. The number of ether oxygens (including phenoxy) is 2. The van der Waals surface area contributed by atoms with Crippen molar-refractivity contribution >= 4 is 12.0 Å². The number of H-pyrrole nitrogens is 1. The summed E-state index contributed by atoms with van der Waals surface area (Å²) in [7, 11) is 0. The molecule has 0 aliphatic carbocycles. The standard InChI is InChI=1S/C14H12N2O4/c17-13(18)4-2-10-8-15-14(16-10)9-1-3-11-12(7-9)20-6-5-19-11/h1-4,7-8H,5-6H2,(H,15,16)(H,17,18)/b4-2+. The third-order valence-electron chi connectivity index (χ3n) is 2.82. The number of fused-ring (bicyclic) bond motifs is 1. The van der Waals surface area contributed by atoms with E-state index in [2.05, 4.69) is 9.97 Å². The highest BCUT2D eigenvalue weighted by molar-refractivity contribution is 5.85. The minimum atomic E-state index is -1.000. The van der Waals surface area contributed by atoms with E-state index in [4.69, 9.17) is 14.6 Å². The summed E-state index contributed by atoms with van der Waals surface area (Å²) in [6, 6.07) is 5.55. The van der Waals surface area contributed by atoms with Gasteiger partial charge >= 0.3 is 5.97 Å². The number of carbonyl (C=O) groups is 1. The molecule has 1 aliphatic rings. The number of imidazole rings is 1. The number of aliphatic carboxylic acids is 1. The summed E-state index contributed by atoms with van der Waals surface area (Å²) in [6.07, 6.45) is 4.09. The minimum Gasteiger partial charge on any atom is -0.486 e. The van der Waals surface area contributed by atoms with Crippen molar-refractivity contribution in [3.8, 4) is 22.9 Å². The van der Waals surface area contributed by atoms with Crippen molar-refractivity contribution in [3.05, 3.63) is 36.2 Å². The number of benzene rings is 1. The first-order chi connectivity index (χ1) is 9.72. The molecular formula is C14H12N2O4. The van der Waals surface area contributed by atoms with Crippen LogP contribution in [0.25, 0.3) is 17.5 Å². The number of rotatable bonds is 3. The molecule has 3 rings (SSSR count). The molecule has 1 aromatic heterocycles. The number of hydrogen-bond donors (Lipinski definition) is 2. The van der Waals surface area contributed by atoms with Gasteiger partial charge in [0.25, 0.3) is 0 Å². The molecule has 0 saturated carbocycles. The molecule has 0 unspecified atom stereocenters. The molecule has 2 N–H and O–H groups in total. The van der Waals surface area contributed by atoms with E-state index in [0.717, 1.165) is 17.4 Å². The number of hydrogen-bond acceptors (Lipinski definition) is 4. The van der Waals surface area contributed by atoms with Gasteiger partial charge in [-0.15, -0.1) is 0 Å². The summed E-state index contributed by atoms with van der Waals surface area (Å²) in [6.45, 7) is 1.08. The summed E-state index contributed by atoms with van der Waals surface area (Å²) in [5.74, 6) is 1.05. The lowest BCUT2D eigenvalue weighted by Crippen LogP contribution is -2.15. The third kappa shape index (κ3) is 2.49. The lowest BCUT2D eigenvalue weighted by molar-refractivity contribution is -0.131. The first-order valence-corrected chi connectivity index (χ1v) is 6.08. The van der Waals surface area contributed by atoms with Crippen molar-refractivity contribution in [2.45, 2.75) is 0 Å². The molecule has 0 bridgehead atoms. The second kappa shape index (κ2) is 5.08. The Labute approximate surface area is 114 Å². The van der Waals surface area contributed by atoms with Crippen LogP contribution in [-0.2, 0) is 4.79 Å². The van der Waals surface area contributed by atoms with Crippen LogP contribution in [0.1, 0.15) is 5.69 Å². The van der Waals surface area contributed by atoms with Crippen molar-refractivity contribution < 1.29 is 19.4 Å². The monoisotopic (exact) mass is 272 g/mol. The molecule has 20 heavy (non-hydrogen) atoms. The second-order valence-electron chi connectivity index (χ2n) is 4.22. The molecule has 1 aliphatic heterocycles. The van der Waals surface area contributed by atoms with Crippen molar-refractivity contribution in [2.24, 2.45) is 0 Å². The van der Waals surface area contributed by atoms with Gasteiger partial charge in [0.1, 0.15) is 19.0 Å². The van der Waals surface area contributed by atoms with Crippen LogP contribution in [0, 0.1) is 0 Å². The molecule has 1 aromatic carbocycles. The fourth-order valence-electron chi connectivity index (χ4n) is 1.92. The number of carboxylic acid groups (broad SMARTS) is 1. The number of carboxylic acids is 1. The maximum atomic E-state index is 10.5. The van der Waals surface area contributed by atoms with Crippen molar-refractivity contribution in [1.29, 1.82) is 0 Å². The summed E-state index contributed by atoms with van der Waals surface area (Å²) in [4.78, 5) is 17.7. The number of nitrogens with zero attached hydrogens (tertiary/aromatic N) is 1. The van der Waals surface area contributed by atoms with E-state index >= 15 is 0 Å². The van der Waals surface area contributed by atoms with E-state index in [0.29, 0.717) is 30.5 Å². The normalized spacial score (nSPS) is 13.6. The Morgan fingerprint density at radius 2 is 2.10 bits per heavy atom. The first-order valence-electron chi connectivity index (χ1n) is 6.08. The first kappa shape index (κ1) is 12.3. The van der Waals surface area contributed by atoms with E-state index in [-0.39, 0.29) is 0 Å². The largest absolute Gasteiger partial charge is 0.486 e. The fourth-order valence-corrected chi connectivity index (χ4v) is 1.92. The topological polar surface area (TPSA) is 84.4 Å². The molecule has 6 heteroatoms. The Balaban J connectivity index is 1.87. The zero-order valence-electron chi connectivity index (χ0n) is 10.5. The van der Waals surface area contributed by atoms with Gasteiger partial charge in [0.2, 0.25) is 0 Å². The van der Waals surface area contributed by atoms with Gasteiger partial charge in [-0.3, -0.25) is 0 Å². The van der Waals surface area contributed by atoms with Crippen LogP contribution in [0.15, 0.2) is 30.5 Å². The molecule has 2 heterocycles. The lowest BCUT2D eigenvalue weighted by Gasteiger charge is -2.18. The average Bonchev–Trinajstić information content (AvgIpc) is 2.93. The summed E-state index contributed by atoms with van der Waals surface area (Å²) >= 11 is 0. The summed E-state index contributed by atoms with van der Waals surface area (Å²) < 4.78 is 11.0. The average molecular weight is 272 g/mol. The molecule has 0 fully saturated rings. The highest BCUT2D eigenvalue weighted by Crippen LogP contribution is 2.33. The Bertz CT molecular complexity index is 676. The van der Waals surface area contributed by atoms with Crippen LogP contribution >= 0.6 is 0 Å². The van der Waals surface area contributed by atoms with E-state index in [1.165, 1.54) is 6.08 Å². The molecular weight excluding hydrogens is 260 g/mol. The molecule has 0 spiro atoms. The van der Waals surface area contributed by atoms with E-state index in [1.54, 1.807) is 6.20 Å². The van der Waals surface area contributed by atoms with Gasteiger partial charge in [-0.25, -0.2) is 9.78 Å². The maximum absolute atomic E-state index is 10.5. The summed E-state index contributed by atoms with van der Waals surface area (Å²) in [5, 5.41) is 8.58. The van der Waals surface area contributed by atoms with Gasteiger partial charge in [0.15, 0.2) is 11.5 Å². The number of aromatic amines is 1. The van der Waals surface area contributed by atoms with E-state index in [9.17, 15) is 4.79 Å². The Kier molecular flexibility index (Phi) is 3.12. The summed E-state index contributed by atoms with van der Waals surface area (Å²) in [5.41, 5.74) is 1.47. The highest BCUT2D eigenvalue weighted by atomic mass is 16.6. The molecule has 6 nitrogen and oxygen atoms in total. The minimum absolute atomic E-state index is 0.529. The Morgan fingerprint density at radius 3 is 2.90 bits per heavy atom. The lowest BCUT2D eigenvalue weighted by atomic mass is 10.2. The smallest absolute Gasteiger partial charge is 0.328 e. The highest BCUT2D eigenvalue weighted by Gasteiger charge is 2.13. The van der Waals surface area contributed by atoms with Gasteiger partial charge in [-0.1, -0.05) is 0 Å². The van der Waals surface area contributed by atoms with Crippen LogP contribution < -0.4 is 9.47 Å². The van der Waals surface area contributed by atoms with Gasteiger partial charge in [-0.05, 0) is 24.3 Å². The van der Waals surface area contributed by atoms with Gasteiger partial charge in [-0.2, -0.15) is 0 Å². The Hall–Kier alpha value is -2.76. The molecule has 102 valence electrons. The van der Waals surface area contributed by atoms with Gasteiger partial charge in [0.05, 0.1) is 11.9 Å². The fraction of sp³-hybridized carbons (Fsp3) is 0.143. The number of nitrogens with one attached hydrogen (secondary N) is 1. The van der Waals surface area contributed by atoms with E-state index in [1.807, 2.05) is 18.2 Å². The van der Waals surface area contributed by atoms with Crippen LogP contribution in [0.4, 0.5) is 0 Å². The van der Waals surface area contributed by atoms with Gasteiger partial charge in [0, 0.05) is 11.6 Å². The predicted molar refractivity (Wildman–Crippen MR) is 71.7 cm³/mol. The van der Waals surface area contributed by atoms with E-state index < -0.39 is 5.97 Å². The van der Waals surface area contributed by atoms with Crippen molar-refractivity contribution in [3.63, 3.8) is 0 Å². The number of aromatic nitrogens is 2.